The van der Waals surface area contributed by atoms with Crippen molar-refractivity contribution in [2.24, 2.45) is 0 Å². The molecule has 2 atom stereocenters. The van der Waals surface area contributed by atoms with E-state index in [4.69, 9.17) is 4.74 Å². The summed E-state index contributed by atoms with van der Waals surface area (Å²) in [7, 11) is 0. The predicted molar refractivity (Wildman–Crippen MR) is 86.8 cm³/mol. The first-order valence-corrected chi connectivity index (χ1v) is 8.31. The monoisotopic (exact) mass is 334 g/mol. The maximum absolute atomic E-state index is 13.3. The summed E-state index contributed by atoms with van der Waals surface area (Å²) in [6.07, 6.45) is 0.792. The van der Waals surface area contributed by atoms with E-state index >= 15 is 0 Å². The molecule has 0 aromatic heterocycles. The first-order chi connectivity index (χ1) is 11.3. The Kier molecular flexibility index (Phi) is 4.24. The van der Waals surface area contributed by atoms with Crippen molar-refractivity contribution in [2.75, 3.05) is 13.1 Å². The summed E-state index contributed by atoms with van der Waals surface area (Å²) >= 11 is 0. The van der Waals surface area contributed by atoms with Crippen LogP contribution in [-0.2, 0) is 9.53 Å². The quantitative estimate of drug-likeness (QED) is 0.793. The highest BCUT2D eigenvalue weighted by molar-refractivity contribution is 5.80. The molecule has 0 radical (unpaired) electrons. The van der Waals surface area contributed by atoms with Gasteiger partial charge in [0, 0.05) is 19.5 Å². The Hall–Kier alpha value is -2.11. The maximum Gasteiger partial charge on any atom is 0.410 e. The van der Waals surface area contributed by atoms with E-state index in [1.807, 2.05) is 25.7 Å². The van der Waals surface area contributed by atoms with Crippen LogP contribution in [0.2, 0.25) is 0 Å². The summed E-state index contributed by atoms with van der Waals surface area (Å²) in [5.41, 5.74) is 0.235. The van der Waals surface area contributed by atoms with E-state index in [0.717, 1.165) is 5.56 Å². The van der Waals surface area contributed by atoms with Crippen molar-refractivity contribution in [3.05, 3.63) is 35.6 Å². The smallest absolute Gasteiger partial charge is 0.410 e. The third-order valence-corrected chi connectivity index (χ3v) is 4.50. The van der Waals surface area contributed by atoms with E-state index in [2.05, 4.69) is 0 Å². The zero-order valence-corrected chi connectivity index (χ0v) is 14.3. The second-order valence-corrected chi connectivity index (χ2v) is 7.36. The minimum atomic E-state index is -0.590. The summed E-state index contributed by atoms with van der Waals surface area (Å²) in [6, 6.07) is 5.76. The zero-order chi connectivity index (χ0) is 17.5. The van der Waals surface area contributed by atoms with Crippen molar-refractivity contribution in [2.45, 2.75) is 51.3 Å². The summed E-state index contributed by atoms with van der Waals surface area (Å²) in [5.74, 6) is -0.200. The molecule has 3 rings (SSSR count). The zero-order valence-electron chi connectivity index (χ0n) is 14.3. The number of benzene rings is 1. The number of halogens is 1. The van der Waals surface area contributed by atoms with Crippen molar-refractivity contribution >= 4 is 12.0 Å². The Morgan fingerprint density at radius 2 is 1.88 bits per heavy atom. The van der Waals surface area contributed by atoms with Crippen LogP contribution in [0.3, 0.4) is 0 Å². The highest BCUT2D eigenvalue weighted by atomic mass is 19.1. The minimum Gasteiger partial charge on any atom is -0.444 e. The maximum atomic E-state index is 13.3. The molecule has 2 fully saturated rings. The van der Waals surface area contributed by atoms with Gasteiger partial charge in [-0.3, -0.25) is 9.69 Å². The molecule has 6 heteroatoms. The van der Waals surface area contributed by atoms with Crippen LogP contribution in [0.25, 0.3) is 0 Å². The molecule has 0 unspecified atom stereocenters. The number of hydrogen-bond donors (Lipinski definition) is 0. The summed E-state index contributed by atoms with van der Waals surface area (Å²) in [6.45, 7) is 6.41. The summed E-state index contributed by atoms with van der Waals surface area (Å²) in [5, 5.41) is 0. The van der Waals surface area contributed by atoms with Crippen molar-refractivity contribution in [3.8, 4) is 0 Å². The number of ether oxygens (including phenoxy) is 1. The van der Waals surface area contributed by atoms with Gasteiger partial charge in [-0.1, -0.05) is 12.1 Å². The van der Waals surface area contributed by atoms with Crippen molar-refractivity contribution < 1.29 is 18.7 Å². The van der Waals surface area contributed by atoms with Gasteiger partial charge < -0.3 is 9.64 Å². The van der Waals surface area contributed by atoms with Gasteiger partial charge in [0.2, 0.25) is 5.91 Å². The van der Waals surface area contributed by atoms with Crippen LogP contribution in [0.4, 0.5) is 9.18 Å². The molecule has 2 heterocycles. The molecule has 0 spiro atoms. The van der Waals surface area contributed by atoms with Crippen LogP contribution in [0.5, 0.6) is 0 Å². The Labute approximate surface area is 141 Å². The number of fused-ring (bicyclic) bond motifs is 1. The van der Waals surface area contributed by atoms with Crippen LogP contribution in [0.15, 0.2) is 24.3 Å². The molecule has 0 bridgehead atoms. The van der Waals surface area contributed by atoms with Crippen LogP contribution >= 0.6 is 0 Å². The first-order valence-electron chi connectivity index (χ1n) is 8.31. The number of hydrogen-bond acceptors (Lipinski definition) is 3. The molecule has 1 aromatic rings. The van der Waals surface area contributed by atoms with Crippen LogP contribution in [0.1, 0.15) is 45.2 Å². The van der Waals surface area contributed by atoms with Crippen LogP contribution in [0, 0.1) is 5.82 Å². The van der Waals surface area contributed by atoms with Gasteiger partial charge in [-0.15, -0.1) is 0 Å². The second kappa shape index (κ2) is 6.07. The molecule has 1 aromatic carbocycles. The molecule has 0 saturated carbocycles. The fraction of sp³-hybridized carbons (Fsp3) is 0.556. The van der Waals surface area contributed by atoms with Gasteiger partial charge in [0.15, 0.2) is 0 Å². The Morgan fingerprint density at radius 1 is 1.21 bits per heavy atom. The molecule has 24 heavy (non-hydrogen) atoms. The standard InChI is InChI=1S/C18H23FN2O3/c1-18(2,3)24-17(23)21-11-10-20-14(8-9-15(20)22)16(21)12-4-6-13(19)7-5-12/h4-7,14,16H,8-11H2,1-3H3/t14-,16-/m0/s1. The number of piperazine rings is 1. The number of rotatable bonds is 1. The lowest BCUT2D eigenvalue weighted by molar-refractivity contribution is -0.132. The van der Waals surface area contributed by atoms with Gasteiger partial charge in [-0.2, -0.15) is 0 Å². The third kappa shape index (κ3) is 3.23. The van der Waals surface area contributed by atoms with Crippen molar-refractivity contribution in [1.29, 1.82) is 0 Å². The SMILES string of the molecule is CC(C)(C)OC(=O)N1CCN2C(=O)CC[C@H]2[C@@H]1c1ccc(F)cc1. The van der Waals surface area contributed by atoms with Crippen LogP contribution in [-0.4, -0.2) is 46.5 Å². The normalized spacial score (nSPS) is 24.1. The largest absolute Gasteiger partial charge is 0.444 e. The van der Waals surface area contributed by atoms with Gasteiger partial charge in [0.25, 0.3) is 0 Å². The third-order valence-electron chi connectivity index (χ3n) is 4.50. The molecule has 130 valence electrons. The molecule has 2 saturated heterocycles. The van der Waals surface area contributed by atoms with Gasteiger partial charge in [-0.25, -0.2) is 9.18 Å². The molecule has 0 aliphatic carbocycles. The molecule has 2 aliphatic heterocycles. The van der Waals surface area contributed by atoms with Crippen molar-refractivity contribution in [1.82, 2.24) is 9.80 Å². The fourth-order valence-corrected chi connectivity index (χ4v) is 3.52. The van der Waals surface area contributed by atoms with E-state index in [1.54, 1.807) is 17.0 Å². The summed E-state index contributed by atoms with van der Waals surface area (Å²) in [4.78, 5) is 28.3. The second-order valence-electron chi connectivity index (χ2n) is 7.36. The Balaban J connectivity index is 1.93. The van der Waals surface area contributed by atoms with Gasteiger partial charge >= 0.3 is 6.09 Å². The Bertz CT molecular complexity index is 639. The van der Waals surface area contributed by atoms with Crippen molar-refractivity contribution in [3.63, 3.8) is 0 Å². The minimum absolute atomic E-state index is 0.0794. The lowest BCUT2D eigenvalue weighted by Crippen LogP contribution is -2.55. The molecule has 2 amide bonds. The number of carbonyl (C=O) groups excluding carboxylic acids is 2. The van der Waals surface area contributed by atoms with E-state index in [1.165, 1.54) is 12.1 Å². The van der Waals surface area contributed by atoms with Gasteiger partial charge in [0.1, 0.15) is 11.4 Å². The van der Waals surface area contributed by atoms with E-state index < -0.39 is 11.7 Å². The number of carbonyl (C=O) groups is 2. The predicted octanol–water partition coefficient (Wildman–Crippen LogP) is 3.11. The van der Waals surface area contributed by atoms with Crippen LogP contribution < -0.4 is 0 Å². The highest BCUT2D eigenvalue weighted by Gasteiger charge is 2.45. The average molecular weight is 334 g/mol. The van der Waals surface area contributed by atoms with E-state index in [-0.39, 0.29) is 23.8 Å². The molecule has 5 nitrogen and oxygen atoms in total. The Morgan fingerprint density at radius 3 is 2.50 bits per heavy atom. The van der Waals surface area contributed by atoms with Gasteiger partial charge in [0.05, 0.1) is 12.1 Å². The molecule has 2 aliphatic rings. The molecule has 0 N–H and O–H groups in total. The molecular weight excluding hydrogens is 311 g/mol. The number of nitrogens with zero attached hydrogens (tertiary/aromatic N) is 2. The lowest BCUT2D eigenvalue weighted by atomic mass is 9.94. The first kappa shape index (κ1) is 16.7. The topological polar surface area (TPSA) is 49.9 Å². The number of amides is 2. The highest BCUT2D eigenvalue weighted by Crippen LogP contribution is 2.38. The van der Waals surface area contributed by atoms with Gasteiger partial charge in [-0.05, 0) is 44.9 Å². The van der Waals surface area contributed by atoms with E-state index in [9.17, 15) is 14.0 Å². The van der Waals surface area contributed by atoms with E-state index in [0.29, 0.717) is 25.9 Å². The fourth-order valence-electron chi connectivity index (χ4n) is 3.52. The lowest BCUT2D eigenvalue weighted by Gasteiger charge is -2.45. The molecular formula is C18H23FN2O3. The summed E-state index contributed by atoms with van der Waals surface area (Å²) < 4.78 is 18.8. The average Bonchev–Trinajstić information content (AvgIpc) is 2.87.